The van der Waals surface area contributed by atoms with Crippen LogP contribution in [0.5, 0.6) is 0 Å². The van der Waals surface area contributed by atoms with Crippen molar-refractivity contribution < 1.29 is 0 Å². The van der Waals surface area contributed by atoms with Crippen LogP contribution in [0.25, 0.3) is 11.1 Å². The summed E-state index contributed by atoms with van der Waals surface area (Å²) < 4.78 is 0. The summed E-state index contributed by atoms with van der Waals surface area (Å²) >= 11 is 0. The van der Waals surface area contributed by atoms with Gasteiger partial charge in [-0.15, -0.1) is 0 Å². The van der Waals surface area contributed by atoms with E-state index in [1.165, 1.54) is 6.33 Å². The third-order valence-corrected chi connectivity index (χ3v) is 2.25. The molecule has 0 saturated heterocycles. The van der Waals surface area contributed by atoms with Gasteiger partial charge in [-0.25, -0.2) is 15.0 Å². The smallest absolute Gasteiger partial charge is 0.223 e. The molecule has 96 valence electrons. The number of aliphatic imine (C=N–C) groups is 2. The Bertz CT molecular complexity index is 598. The molecular formula is C12H13N7. The molecular weight excluding hydrogens is 242 g/mol. The van der Waals surface area contributed by atoms with Gasteiger partial charge in [0.2, 0.25) is 5.96 Å². The van der Waals surface area contributed by atoms with Gasteiger partial charge in [-0.3, -0.25) is 0 Å². The summed E-state index contributed by atoms with van der Waals surface area (Å²) in [5.41, 5.74) is 18.5. The molecule has 0 saturated carbocycles. The summed E-state index contributed by atoms with van der Waals surface area (Å²) in [6, 6.07) is 7.38. The van der Waals surface area contributed by atoms with Crippen LogP contribution in [-0.4, -0.2) is 21.9 Å². The summed E-state index contributed by atoms with van der Waals surface area (Å²) in [7, 11) is 0. The summed E-state index contributed by atoms with van der Waals surface area (Å²) in [6.07, 6.45) is 4.95. The van der Waals surface area contributed by atoms with Crippen molar-refractivity contribution in [2.45, 2.75) is 0 Å². The van der Waals surface area contributed by atoms with Crippen molar-refractivity contribution in [2.24, 2.45) is 27.2 Å². The number of rotatable bonds is 2. The molecule has 1 heterocycles. The van der Waals surface area contributed by atoms with Crippen LogP contribution in [-0.2, 0) is 0 Å². The fourth-order valence-corrected chi connectivity index (χ4v) is 1.47. The third-order valence-electron chi connectivity index (χ3n) is 2.25. The molecule has 19 heavy (non-hydrogen) atoms. The second kappa shape index (κ2) is 5.58. The van der Waals surface area contributed by atoms with Crippen LogP contribution in [0, 0.1) is 0 Å². The molecule has 0 aliphatic carbocycles. The normalized spacial score (nSPS) is 11.1. The van der Waals surface area contributed by atoms with Gasteiger partial charge < -0.3 is 17.2 Å². The number of guanidine groups is 2. The van der Waals surface area contributed by atoms with E-state index in [1.807, 2.05) is 12.1 Å². The highest BCUT2D eigenvalue weighted by Gasteiger charge is 1.98. The van der Waals surface area contributed by atoms with E-state index in [9.17, 15) is 0 Å². The van der Waals surface area contributed by atoms with Crippen LogP contribution in [0.4, 0.5) is 5.69 Å². The van der Waals surface area contributed by atoms with E-state index in [1.54, 1.807) is 24.5 Å². The van der Waals surface area contributed by atoms with E-state index in [2.05, 4.69) is 20.0 Å². The SMILES string of the molecule is NC(N)=NC(N)=Nc1ccc(-c2cncnc2)cc1. The largest absolute Gasteiger partial charge is 0.370 e. The quantitative estimate of drug-likeness (QED) is 0.527. The zero-order valence-electron chi connectivity index (χ0n) is 10.1. The van der Waals surface area contributed by atoms with Gasteiger partial charge in [0.1, 0.15) is 6.33 Å². The first-order chi connectivity index (χ1) is 9.15. The monoisotopic (exact) mass is 255 g/mol. The zero-order valence-corrected chi connectivity index (χ0v) is 10.1. The lowest BCUT2D eigenvalue weighted by molar-refractivity contribution is 1.17. The fourth-order valence-electron chi connectivity index (χ4n) is 1.47. The predicted molar refractivity (Wildman–Crippen MR) is 74.6 cm³/mol. The van der Waals surface area contributed by atoms with E-state index in [0.29, 0.717) is 5.69 Å². The molecule has 1 aromatic heterocycles. The summed E-state index contributed by atoms with van der Waals surface area (Å²) in [4.78, 5) is 15.6. The Morgan fingerprint density at radius 3 is 2.11 bits per heavy atom. The van der Waals surface area contributed by atoms with Gasteiger partial charge in [-0.2, -0.15) is 4.99 Å². The maximum atomic E-state index is 5.54. The highest BCUT2D eigenvalue weighted by molar-refractivity contribution is 5.93. The highest BCUT2D eigenvalue weighted by atomic mass is 15.1. The van der Waals surface area contributed by atoms with Crippen LogP contribution in [0.15, 0.2) is 53.0 Å². The molecule has 1 aromatic carbocycles. The molecule has 2 aromatic rings. The van der Waals surface area contributed by atoms with Gasteiger partial charge in [0.25, 0.3) is 0 Å². The molecule has 0 radical (unpaired) electrons. The minimum absolute atomic E-state index is 0.00999. The second-order valence-corrected chi connectivity index (χ2v) is 3.68. The first kappa shape index (κ1) is 12.5. The third kappa shape index (κ3) is 3.50. The van der Waals surface area contributed by atoms with E-state index in [4.69, 9.17) is 17.2 Å². The fraction of sp³-hybridized carbons (Fsp3) is 0. The van der Waals surface area contributed by atoms with Gasteiger partial charge in [-0.05, 0) is 17.7 Å². The van der Waals surface area contributed by atoms with Crippen LogP contribution in [0.3, 0.4) is 0 Å². The molecule has 6 N–H and O–H groups in total. The Kier molecular flexibility index (Phi) is 3.67. The molecule has 0 amide bonds. The second-order valence-electron chi connectivity index (χ2n) is 3.68. The molecule has 7 heteroatoms. The molecule has 0 spiro atoms. The maximum Gasteiger partial charge on any atom is 0.223 e. The molecule has 0 fully saturated rings. The number of benzene rings is 1. The molecule has 0 unspecified atom stereocenters. The number of nitrogens with two attached hydrogens (primary N) is 3. The van der Waals surface area contributed by atoms with Gasteiger partial charge >= 0.3 is 0 Å². The van der Waals surface area contributed by atoms with Crippen molar-refractivity contribution >= 4 is 17.6 Å². The first-order valence-electron chi connectivity index (χ1n) is 5.44. The van der Waals surface area contributed by atoms with Crippen molar-refractivity contribution in [1.82, 2.24) is 9.97 Å². The Morgan fingerprint density at radius 1 is 0.895 bits per heavy atom. The number of hydrogen-bond donors (Lipinski definition) is 3. The topological polar surface area (TPSA) is 129 Å². The highest BCUT2D eigenvalue weighted by Crippen LogP contribution is 2.21. The Labute approximate surface area is 109 Å². The maximum absolute atomic E-state index is 5.54. The molecule has 7 nitrogen and oxygen atoms in total. The van der Waals surface area contributed by atoms with E-state index in [0.717, 1.165) is 11.1 Å². The van der Waals surface area contributed by atoms with Crippen LogP contribution in [0.1, 0.15) is 0 Å². The standard InChI is InChI=1S/C12H13N7/c13-11(14)19-12(15)18-10-3-1-8(2-4-10)9-5-16-7-17-6-9/h1-7H,(H6,13,14,15,18,19). The van der Waals surface area contributed by atoms with Crippen molar-refractivity contribution in [3.8, 4) is 11.1 Å². The lowest BCUT2D eigenvalue weighted by Crippen LogP contribution is -2.26. The Morgan fingerprint density at radius 2 is 1.53 bits per heavy atom. The predicted octanol–water partition coefficient (Wildman–Crippen LogP) is 0.363. The van der Waals surface area contributed by atoms with Crippen LogP contribution >= 0.6 is 0 Å². The summed E-state index contributed by atoms with van der Waals surface area (Å²) in [5, 5.41) is 0. The van der Waals surface area contributed by atoms with Crippen molar-refractivity contribution in [3.63, 3.8) is 0 Å². The minimum Gasteiger partial charge on any atom is -0.370 e. The summed E-state index contributed by atoms with van der Waals surface area (Å²) in [5.74, 6) is -0.116. The molecule has 2 rings (SSSR count). The average Bonchev–Trinajstić information content (AvgIpc) is 2.39. The number of aromatic nitrogens is 2. The minimum atomic E-state index is -0.126. The Hall–Kier alpha value is -2.96. The molecule has 0 bridgehead atoms. The van der Waals surface area contributed by atoms with Gasteiger partial charge in [0.05, 0.1) is 5.69 Å². The lowest BCUT2D eigenvalue weighted by Gasteiger charge is -2.01. The number of hydrogen-bond acceptors (Lipinski definition) is 3. The lowest BCUT2D eigenvalue weighted by atomic mass is 10.1. The molecule has 0 aliphatic heterocycles. The molecule has 0 atom stereocenters. The number of nitrogens with zero attached hydrogens (tertiary/aromatic N) is 4. The van der Waals surface area contributed by atoms with E-state index < -0.39 is 0 Å². The van der Waals surface area contributed by atoms with Crippen LogP contribution in [0.2, 0.25) is 0 Å². The van der Waals surface area contributed by atoms with E-state index >= 15 is 0 Å². The van der Waals surface area contributed by atoms with Gasteiger partial charge in [0.15, 0.2) is 5.96 Å². The van der Waals surface area contributed by atoms with Crippen LogP contribution < -0.4 is 17.2 Å². The van der Waals surface area contributed by atoms with Gasteiger partial charge in [0, 0.05) is 18.0 Å². The zero-order chi connectivity index (χ0) is 13.7. The van der Waals surface area contributed by atoms with Crippen molar-refractivity contribution in [2.75, 3.05) is 0 Å². The average molecular weight is 255 g/mol. The Balaban J connectivity index is 2.22. The first-order valence-corrected chi connectivity index (χ1v) is 5.44. The van der Waals surface area contributed by atoms with Crippen molar-refractivity contribution in [3.05, 3.63) is 43.0 Å². The van der Waals surface area contributed by atoms with E-state index in [-0.39, 0.29) is 11.9 Å². The van der Waals surface area contributed by atoms with Gasteiger partial charge in [-0.1, -0.05) is 12.1 Å². The molecule has 0 aliphatic rings. The summed E-state index contributed by atoms with van der Waals surface area (Å²) in [6.45, 7) is 0. The van der Waals surface area contributed by atoms with Crippen molar-refractivity contribution in [1.29, 1.82) is 0 Å².